The molecule has 0 amide bonds. The number of nitrogens with zero attached hydrogens (tertiary/aromatic N) is 18. The molecule has 19 rings (SSSR count). The number of hydrogen-bond donors (Lipinski definition) is 0. The molecule has 0 unspecified atom stereocenters. The van der Waals surface area contributed by atoms with E-state index in [0.717, 1.165) is 139 Å². The first-order valence-electron chi connectivity index (χ1n) is 49.5. The summed E-state index contributed by atoms with van der Waals surface area (Å²) in [5.74, 6) is 7.26. The maximum atomic E-state index is 11.5. The minimum atomic E-state index is -3.16. The SMILES string of the molecule is CC(C)c1ccc2c(c1)CCN2S(C)(=O)=O.CC(C)c1ccc2c(n1)CCN2S(C)(=O)=O.CCCOc1cc(C(C)C)ccc1-n1cnc(C)c1.COCc1cn(-c2ccc(C(C)C)cc2OC)cn1.COc1cc(C(C)C)ccc1-n1cnc(C)n1.Cc1cn(-c2ccc(C(C)C)c3c2[Si](C)(C)CC3)cn1.Cc1cn(-c2ccc(C(C)C)c3cnoc23)cn1.Cc1cn(-c2ccc(C(C)C)c3cnsc23)cn1. The number of fused-ring (bicyclic) bond motifs is 5. The van der Waals surface area contributed by atoms with Gasteiger partial charge in [0.1, 0.15) is 35.1 Å². The van der Waals surface area contributed by atoms with E-state index in [1.54, 1.807) is 79.0 Å². The van der Waals surface area contributed by atoms with Crippen LogP contribution in [0.15, 0.2) is 207 Å². The van der Waals surface area contributed by atoms with E-state index >= 15 is 0 Å². The number of methoxy groups -OCH3 is 3. The molecular formula is C112H146N18O9S3Si. The van der Waals surface area contributed by atoms with Crippen LogP contribution in [0.1, 0.15) is 267 Å². The van der Waals surface area contributed by atoms with Gasteiger partial charge in [-0.2, -0.15) is 9.47 Å². The number of sulfonamides is 2. The largest absolute Gasteiger partial charge is 0.495 e. The van der Waals surface area contributed by atoms with Crippen LogP contribution >= 0.6 is 11.5 Å². The van der Waals surface area contributed by atoms with E-state index in [1.165, 1.54) is 82.7 Å². The average Bonchev–Trinajstić information content (AvgIpc) is 1.61. The highest BCUT2D eigenvalue weighted by molar-refractivity contribution is 7.92. The molecule has 9 aromatic heterocycles. The van der Waals surface area contributed by atoms with Crippen molar-refractivity contribution in [3.63, 3.8) is 0 Å². The predicted octanol–water partition coefficient (Wildman–Crippen LogP) is 24.7. The summed E-state index contributed by atoms with van der Waals surface area (Å²) in [5, 5.41) is 12.2. The number of hydrogen-bond acceptors (Lipinski definition) is 20. The van der Waals surface area contributed by atoms with E-state index in [4.69, 9.17) is 23.5 Å². The number of rotatable bonds is 23. The van der Waals surface area contributed by atoms with Gasteiger partial charge in [0, 0.05) is 86.0 Å². The van der Waals surface area contributed by atoms with Crippen LogP contribution in [0, 0.1) is 34.6 Å². The molecule has 0 bridgehead atoms. The molecule has 3 aliphatic rings. The fourth-order valence-corrected chi connectivity index (χ4v) is 23.5. The van der Waals surface area contributed by atoms with Crippen LogP contribution in [0.25, 0.3) is 55.2 Å². The summed E-state index contributed by atoms with van der Waals surface area (Å²) >= 11 is 1.55. The molecule has 0 spiro atoms. The first-order valence-corrected chi connectivity index (χ1v) is 57.1. The number of aryl methyl sites for hydroxylation is 5. The van der Waals surface area contributed by atoms with E-state index in [-0.39, 0.29) is 0 Å². The number of imidazole rings is 5. The molecule has 0 radical (unpaired) electrons. The lowest BCUT2D eigenvalue weighted by atomic mass is 9.95. The zero-order valence-electron chi connectivity index (χ0n) is 89.0. The fraction of sp³-hybridized carbons (Fsp3) is 0.411. The third kappa shape index (κ3) is 27.1. The number of anilines is 2. The van der Waals surface area contributed by atoms with Crippen molar-refractivity contribution in [1.29, 1.82) is 0 Å². The van der Waals surface area contributed by atoms with E-state index < -0.39 is 28.1 Å². The lowest BCUT2D eigenvalue weighted by molar-refractivity contribution is 0.182. The topological polar surface area (TPSA) is 283 Å². The molecule has 3 aliphatic heterocycles. The predicted molar refractivity (Wildman–Crippen MR) is 584 cm³/mol. The van der Waals surface area contributed by atoms with Crippen molar-refractivity contribution in [1.82, 2.24) is 77.0 Å². The summed E-state index contributed by atoms with van der Waals surface area (Å²) in [6.45, 7) is 54.3. The first kappa shape index (κ1) is 109. The first-order chi connectivity index (χ1) is 67.9. The van der Waals surface area contributed by atoms with Crippen LogP contribution in [0.4, 0.5) is 11.4 Å². The van der Waals surface area contributed by atoms with Gasteiger partial charge in [0.05, 0.1) is 159 Å². The molecule has 0 atom stereocenters. The molecule has 16 aromatic rings. The van der Waals surface area contributed by atoms with Crippen molar-refractivity contribution in [3.8, 4) is 51.4 Å². The van der Waals surface area contributed by atoms with E-state index in [9.17, 15) is 16.8 Å². The Morgan fingerprint density at radius 3 is 1.39 bits per heavy atom. The highest BCUT2D eigenvalue weighted by Crippen LogP contribution is 2.40. The normalized spacial score (nSPS) is 13.0. The van der Waals surface area contributed by atoms with Crippen LogP contribution < -0.4 is 28.0 Å². The molecule has 0 aliphatic carbocycles. The number of aromatic nitrogens is 16. The van der Waals surface area contributed by atoms with Crippen LogP contribution in [-0.4, -0.2) is 155 Å². The highest BCUT2D eigenvalue weighted by Gasteiger charge is 2.37. The Hall–Kier alpha value is -12.7. The number of pyridine rings is 1. The Labute approximate surface area is 851 Å². The van der Waals surface area contributed by atoms with Crippen LogP contribution in [0.2, 0.25) is 19.1 Å². The van der Waals surface area contributed by atoms with Gasteiger partial charge in [0.25, 0.3) is 0 Å². The van der Waals surface area contributed by atoms with Gasteiger partial charge < -0.3 is 46.3 Å². The molecule has 760 valence electrons. The summed E-state index contributed by atoms with van der Waals surface area (Å²) in [6.07, 6.45) is 31.1. The smallest absolute Gasteiger partial charge is 0.232 e. The Morgan fingerprint density at radius 2 is 0.888 bits per heavy atom. The standard InChI is InChI=1S/C17H24N2Si.C16H22N2O.C15H20N2O2.C14H15N3O.C14H15N3S.C13H17N3O.C12H17NO2S.C11H16N2O2S/c1-12(2)14-6-7-16(19-10-13(3)18-11-19)17-15(14)8-9-20(17,4)5;1-5-8-19-16-9-14(12(2)3)6-7-15(16)18-10-13(4)17-11-18;1-11(2)12-5-6-14(15(7-12)19-4)17-8-13(9-18-3)16-10-17;2*1-9(2)11-4-5-13(14-12(11)6-16-18-14)17-7-10(3)15-8-17;1-9(2)11-5-6-12(13(7-11)17-4)16-8-14-10(3)15-16;1-9(2)10-4-5-12-11(8-10)6-7-13(12)16(3,14)15;1-8(2)9-4-5-11-10(12-9)6-7-13(11)16(3,14)15/h6-7,10-12H,8-9H2,1-5H3;6-7,9-12H,5,8H2,1-4H3;5-8,10-11H,9H2,1-4H3;2*4-9H,1-3H3;5-9H,1-4H3;4-5,8-9H,6-7H2,1-3H3;4-5,8H,6-7H2,1-3H3. The molecule has 0 N–H and O–H groups in total. The van der Waals surface area contributed by atoms with E-state index in [2.05, 4.69) is 294 Å². The van der Waals surface area contributed by atoms with Gasteiger partial charge in [0.2, 0.25) is 20.0 Å². The zero-order valence-corrected chi connectivity index (χ0v) is 92.4. The van der Waals surface area contributed by atoms with Gasteiger partial charge in [0.15, 0.2) is 5.58 Å². The molecule has 31 heteroatoms. The molecule has 0 saturated heterocycles. The molecule has 27 nitrogen and oxygen atoms in total. The van der Waals surface area contributed by atoms with E-state index in [1.807, 2.05) is 122 Å². The quantitative estimate of drug-likeness (QED) is 0.0538. The minimum absolute atomic E-state index is 0.373. The lowest BCUT2D eigenvalue weighted by Crippen LogP contribution is -2.40. The Kier molecular flexibility index (Phi) is 36.7. The second kappa shape index (κ2) is 48.1. The summed E-state index contributed by atoms with van der Waals surface area (Å²) in [4.78, 5) is 30.1. The van der Waals surface area contributed by atoms with Gasteiger partial charge in [-0.25, -0.2) is 51.4 Å². The Balaban J connectivity index is 0.000000146. The second-order valence-electron chi connectivity index (χ2n) is 40.0. The van der Waals surface area contributed by atoms with Crippen molar-refractivity contribution in [2.45, 2.75) is 251 Å². The second-order valence-corrected chi connectivity index (χ2v) is 49.3. The third-order valence-electron chi connectivity index (χ3n) is 25.6. The molecule has 0 saturated carbocycles. The van der Waals surface area contributed by atoms with Crippen molar-refractivity contribution >= 4 is 77.3 Å². The molecule has 12 heterocycles. The average molecular weight is 2010 g/mol. The maximum absolute atomic E-state index is 11.5. The number of benzene rings is 7. The van der Waals surface area contributed by atoms with Crippen molar-refractivity contribution in [3.05, 3.63) is 298 Å². The van der Waals surface area contributed by atoms with E-state index in [0.29, 0.717) is 73.5 Å². The molecule has 0 fully saturated rings. The van der Waals surface area contributed by atoms with Crippen molar-refractivity contribution < 1.29 is 40.3 Å². The monoisotopic (exact) mass is 2010 g/mol. The summed E-state index contributed by atoms with van der Waals surface area (Å²) in [6, 6.07) is 43.3. The summed E-state index contributed by atoms with van der Waals surface area (Å²) in [7, 11) is -2.55. The molecule has 143 heavy (non-hydrogen) atoms. The zero-order chi connectivity index (χ0) is 104. The van der Waals surface area contributed by atoms with Gasteiger partial charge in [-0.15, -0.1) is 0 Å². The fourth-order valence-electron chi connectivity index (χ4n) is 17.7. The summed E-state index contributed by atoms with van der Waals surface area (Å²) < 4.78 is 93.8. The van der Waals surface area contributed by atoms with Gasteiger partial charge in [-0.05, 0) is 247 Å². The van der Waals surface area contributed by atoms with Crippen molar-refractivity contribution in [2.75, 3.05) is 62.1 Å². The van der Waals surface area contributed by atoms with Crippen molar-refractivity contribution in [2.24, 2.45) is 0 Å². The van der Waals surface area contributed by atoms with Crippen LogP contribution in [0.3, 0.4) is 0 Å². The van der Waals surface area contributed by atoms with Gasteiger partial charge in [-0.1, -0.05) is 184 Å². The highest BCUT2D eigenvalue weighted by atomic mass is 32.2. The Morgan fingerprint density at radius 1 is 0.441 bits per heavy atom. The molecule has 7 aromatic carbocycles. The van der Waals surface area contributed by atoms with Gasteiger partial charge >= 0.3 is 0 Å². The molecular weight excluding hydrogens is 1870 g/mol. The van der Waals surface area contributed by atoms with Gasteiger partial charge in [-0.3, -0.25) is 13.6 Å². The van der Waals surface area contributed by atoms with Crippen LogP contribution in [0.5, 0.6) is 17.2 Å². The minimum Gasteiger partial charge on any atom is -0.495 e. The third-order valence-corrected chi connectivity index (χ3v) is 32.2. The summed E-state index contributed by atoms with van der Waals surface area (Å²) in [5.41, 5.74) is 27.9. The van der Waals surface area contributed by atoms with Crippen LogP contribution in [-0.2, 0) is 50.7 Å². The maximum Gasteiger partial charge on any atom is 0.232 e. The lowest BCUT2D eigenvalue weighted by Gasteiger charge is -2.23. The number of ether oxygens (including phenoxy) is 4. The Bertz CT molecular complexity index is 6990.